The van der Waals surface area contributed by atoms with Crippen molar-refractivity contribution < 1.29 is 18.0 Å². The molecule has 0 bridgehead atoms. The second-order valence-corrected chi connectivity index (χ2v) is 14.0. The molecule has 1 aliphatic rings. The molecule has 0 aromatic heterocycles. The molecule has 1 saturated carbocycles. The van der Waals surface area contributed by atoms with Gasteiger partial charge in [0.15, 0.2) is 0 Å². The lowest BCUT2D eigenvalue weighted by Gasteiger charge is -2.34. The van der Waals surface area contributed by atoms with E-state index in [4.69, 9.17) is 11.6 Å². The Hall–Kier alpha value is -3.36. The number of nitrogens with one attached hydrogen (secondary N) is 1. The number of aryl methyl sites for hydroxylation is 1. The molecule has 0 heterocycles. The Balaban J connectivity index is 1.58. The van der Waals surface area contributed by atoms with Crippen LogP contribution < -0.4 is 9.62 Å². The van der Waals surface area contributed by atoms with Crippen LogP contribution in [0, 0.1) is 0 Å². The quantitative estimate of drug-likeness (QED) is 0.218. The molecule has 3 aromatic carbocycles. The third-order valence-corrected chi connectivity index (χ3v) is 9.68. The number of sulfonamides is 1. The van der Waals surface area contributed by atoms with Crippen LogP contribution in [0.5, 0.6) is 0 Å². The zero-order valence-electron chi connectivity index (χ0n) is 25.8. The largest absolute Gasteiger partial charge is 0.352 e. The Bertz CT molecular complexity index is 1480. The first kappa shape index (κ1) is 33.5. The number of benzene rings is 3. The third-order valence-electron chi connectivity index (χ3n) is 8.25. The fraction of sp³-hybridized carbons (Fsp3) is 0.429. The van der Waals surface area contributed by atoms with Gasteiger partial charge in [0, 0.05) is 37.0 Å². The molecule has 9 heteroatoms. The monoisotopic (exact) mass is 637 g/mol. The molecular formula is C35H44ClN3O4S. The molecule has 44 heavy (non-hydrogen) atoms. The number of carbonyl (C=O) groups is 2. The Morgan fingerprint density at radius 3 is 2.23 bits per heavy atom. The molecule has 7 nitrogen and oxygen atoms in total. The number of halogens is 1. The van der Waals surface area contributed by atoms with E-state index in [0.29, 0.717) is 23.6 Å². The van der Waals surface area contributed by atoms with E-state index >= 15 is 0 Å². The van der Waals surface area contributed by atoms with Gasteiger partial charge < -0.3 is 10.2 Å². The molecule has 1 atom stereocenters. The van der Waals surface area contributed by atoms with Crippen LogP contribution in [0.15, 0.2) is 78.9 Å². The van der Waals surface area contributed by atoms with Crippen LogP contribution in [-0.2, 0) is 39.0 Å². The zero-order valence-corrected chi connectivity index (χ0v) is 27.3. The molecule has 1 fully saturated rings. The van der Waals surface area contributed by atoms with Crippen molar-refractivity contribution in [3.63, 3.8) is 0 Å². The molecule has 2 amide bonds. The first-order valence-corrected chi connectivity index (χ1v) is 17.8. The van der Waals surface area contributed by atoms with Crippen LogP contribution in [0.25, 0.3) is 0 Å². The van der Waals surface area contributed by atoms with Gasteiger partial charge in [-0.25, -0.2) is 8.42 Å². The summed E-state index contributed by atoms with van der Waals surface area (Å²) >= 11 is 6.30. The highest BCUT2D eigenvalue weighted by atomic mass is 35.5. The molecule has 3 aromatic rings. The molecule has 0 saturated heterocycles. The van der Waals surface area contributed by atoms with Crippen LogP contribution >= 0.6 is 11.6 Å². The smallest absolute Gasteiger partial charge is 0.243 e. The average molecular weight is 638 g/mol. The van der Waals surface area contributed by atoms with E-state index in [2.05, 4.69) is 5.32 Å². The van der Waals surface area contributed by atoms with Crippen LogP contribution in [0.3, 0.4) is 0 Å². The minimum atomic E-state index is -3.57. The summed E-state index contributed by atoms with van der Waals surface area (Å²) in [4.78, 5) is 29.7. The maximum Gasteiger partial charge on any atom is 0.243 e. The number of rotatable bonds is 14. The Morgan fingerprint density at radius 2 is 1.59 bits per heavy atom. The summed E-state index contributed by atoms with van der Waals surface area (Å²) in [7, 11) is -3.57. The van der Waals surface area contributed by atoms with Crippen LogP contribution in [0.1, 0.15) is 68.6 Å². The summed E-state index contributed by atoms with van der Waals surface area (Å²) in [6.45, 7) is 2.41. The molecule has 236 valence electrons. The lowest BCUT2D eigenvalue weighted by atomic mass is 9.94. The minimum Gasteiger partial charge on any atom is -0.352 e. The highest BCUT2D eigenvalue weighted by Crippen LogP contribution is 2.23. The van der Waals surface area contributed by atoms with Crippen molar-refractivity contribution >= 4 is 39.1 Å². The summed E-state index contributed by atoms with van der Waals surface area (Å²) in [5, 5.41) is 3.80. The van der Waals surface area contributed by atoms with Gasteiger partial charge >= 0.3 is 0 Å². The third kappa shape index (κ3) is 9.83. The second-order valence-electron chi connectivity index (χ2n) is 11.7. The van der Waals surface area contributed by atoms with E-state index in [-0.39, 0.29) is 37.4 Å². The van der Waals surface area contributed by atoms with Crippen molar-refractivity contribution in [2.75, 3.05) is 17.1 Å². The Morgan fingerprint density at radius 1 is 0.909 bits per heavy atom. The van der Waals surface area contributed by atoms with Crippen molar-refractivity contribution in [2.45, 2.75) is 83.3 Å². The van der Waals surface area contributed by atoms with Gasteiger partial charge in [0.2, 0.25) is 21.8 Å². The Kier molecular flexibility index (Phi) is 12.3. The van der Waals surface area contributed by atoms with E-state index in [0.717, 1.165) is 48.8 Å². The summed E-state index contributed by atoms with van der Waals surface area (Å²) < 4.78 is 26.8. The van der Waals surface area contributed by atoms with Gasteiger partial charge in [-0.15, -0.1) is 0 Å². The minimum absolute atomic E-state index is 0.0849. The lowest BCUT2D eigenvalue weighted by molar-refractivity contribution is -0.141. The number of amides is 2. The van der Waals surface area contributed by atoms with Crippen molar-refractivity contribution in [3.05, 3.63) is 101 Å². The highest BCUT2D eigenvalue weighted by Gasteiger charge is 2.32. The molecule has 1 N–H and O–H groups in total. The molecule has 1 aliphatic carbocycles. The first-order chi connectivity index (χ1) is 21.1. The fourth-order valence-electron chi connectivity index (χ4n) is 5.83. The predicted molar refractivity (Wildman–Crippen MR) is 178 cm³/mol. The lowest BCUT2D eigenvalue weighted by Crippen LogP contribution is -2.52. The van der Waals surface area contributed by atoms with Gasteiger partial charge in [0.25, 0.3) is 0 Å². The van der Waals surface area contributed by atoms with E-state index in [1.165, 1.54) is 17.0 Å². The van der Waals surface area contributed by atoms with Crippen molar-refractivity contribution in [1.82, 2.24) is 10.2 Å². The van der Waals surface area contributed by atoms with Gasteiger partial charge in [-0.3, -0.25) is 13.9 Å². The topological polar surface area (TPSA) is 86.8 Å². The van der Waals surface area contributed by atoms with Gasteiger partial charge in [0.05, 0.1) is 11.9 Å². The van der Waals surface area contributed by atoms with Crippen LogP contribution in [0.4, 0.5) is 5.69 Å². The maximum atomic E-state index is 14.1. The number of carbonyl (C=O) groups excluding carboxylic acids is 2. The number of hydrogen-bond acceptors (Lipinski definition) is 4. The summed E-state index contributed by atoms with van der Waals surface area (Å²) in [6, 6.07) is 23.9. The van der Waals surface area contributed by atoms with E-state index in [1.807, 2.05) is 67.6 Å². The SMILES string of the molecule is CCc1ccc(N(CCCC(=O)N(Cc2cccc(Cl)c2)C(Cc2ccccc2)C(=O)NC2CCCCC2)S(C)(=O)=O)cc1. The van der Waals surface area contributed by atoms with Crippen LogP contribution in [0.2, 0.25) is 5.02 Å². The number of anilines is 1. The van der Waals surface area contributed by atoms with E-state index < -0.39 is 16.1 Å². The van der Waals surface area contributed by atoms with Gasteiger partial charge in [-0.1, -0.05) is 92.4 Å². The maximum absolute atomic E-state index is 14.1. The van der Waals surface area contributed by atoms with Gasteiger partial charge in [0.1, 0.15) is 6.04 Å². The van der Waals surface area contributed by atoms with Crippen molar-refractivity contribution in [3.8, 4) is 0 Å². The molecular weight excluding hydrogens is 594 g/mol. The summed E-state index contributed by atoms with van der Waals surface area (Å²) in [6.07, 6.45) is 8.00. The molecule has 4 rings (SSSR count). The molecule has 0 radical (unpaired) electrons. The molecule has 0 spiro atoms. The van der Waals surface area contributed by atoms with Gasteiger partial charge in [-0.05, 0) is 66.6 Å². The average Bonchev–Trinajstić information content (AvgIpc) is 3.01. The Labute approximate surface area is 267 Å². The number of nitrogens with zero attached hydrogens (tertiary/aromatic N) is 2. The van der Waals surface area contributed by atoms with E-state index in [9.17, 15) is 18.0 Å². The summed E-state index contributed by atoms with van der Waals surface area (Å²) in [5.74, 6) is -0.371. The molecule has 0 aliphatic heterocycles. The number of hydrogen-bond donors (Lipinski definition) is 1. The second kappa shape index (κ2) is 16.1. The molecule has 1 unspecified atom stereocenters. The normalized spacial score (nSPS) is 14.5. The zero-order chi connectivity index (χ0) is 31.5. The first-order valence-electron chi connectivity index (χ1n) is 15.6. The van der Waals surface area contributed by atoms with E-state index in [1.54, 1.807) is 23.1 Å². The van der Waals surface area contributed by atoms with Crippen LogP contribution in [-0.4, -0.2) is 50.0 Å². The highest BCUT2D eigenvalue weighted by molar-refractivity contribution is 7.92. The van der Waals surface area contributed by atoms with Crippen molar-refractivity contribution in [2.24, 2.45) is 0 Å². The fourth-order valence-corrected chi connectivity index (χ4v) is 7.01. The summed E-state index contributed by atoms with van der Waals surface area (Å²) in [5.41, 5.74) is 3.47. The standard InChI is InChI=1S/C35H44ClN3O4S/c1-3-27-19-21-32(22-20-27)39(44(2,42)43)23-11-18-34(40)38(26-29-14-10-15-30(36)24-29)33(25-28-12-6-4-7-13-28)35(41)37-31-16-8-5-9-17-31/h4,6-7,10,12-15,19-22,24,31,33H,3,5,8-9,11,16-18,23,25-26H2,1-2H3,(H,37,41). The van der Waals surface area contributed by atoms with Gasteiger partial charge in [-0.2, -0.15) is 0 Å². The van der Waals surface area contributed by atoms with Crippen molar-refractivity contribution in [1.29, 1.82) is 0 Å². The predicted octanol–water partition coefficient (Wildman–Crippen LogP) is 6.54.